The molecule has 1 aliphatic rings. The van der Waals surface area contributed by atoms with Crippen molar-refractivity contribution in [2.75, 3.05) is 18.4 Å². The smallest absolute Gasteiger partial charge is 0.404 e. The summed E-state index contributed by atoms with van der Waals surface area (Å²) < 4.78 is 68.5. The van der Waals surface area contributed by atoms with Crippen LogP contribution in [0.3, 0.4) is 0 Å². The molecular formula is C20H18F3N3O4S. The first kappa shape index (κ1) is 22.6. The number of benzene rings is 2. The van der Waals surface area contributed by atoms with Crippen LogP contribution in [0.1, 0.15) is 18.4 Å². The van der Waals surface area contributed by atoms with Gasteiger partial charge in [0.25, 0.3) is 0 Å². The second kappa shape index (κ2) is 8.95. The molecule has 1 amide bonds. The lowest BCUT2D eigenvalue weighted by molar-refractivity contribution is -0.274. The van der Waals surface area contributed by atoms with Gasteiger partial charge in [0.1, 0.15) is 6.07 Å². The molecule has 164 valence electrons. The number of carbonyl (C=O) groups is 1. The molecule has 1 saturated heterocycles. The van der Waals surface area contributed by atoms with Crippen LogP contribution in [0.25, 0.3) is 0 Å². The Morgan fingerprint density at radius 3 is 2.35 bits per heavy atom. The van der Waals surface area contributed by atoms with Gasteiger partial charge in [-0.05, 0) is 37.1 Å². The minimum Gasteiger partial charge on any atom is -0.404 e. The highest BCUT2D eigenvalue weighted by Gasteiger charge is 2.35. The third-order valence-corrected chi connectivity index (χ3v) is 6.78. The molecule has 1 N–H and O–H groups in total. The first-order chi connectivity index (χ1) is 14.6. The van der Waals surface area contributed by atoms with E-state index in [1.165, 1.54) is 40.7 Å². The average molecular weight is 453 g/mol. The molecule has 3 rings (SSSR count). The molecule has 0 atom stereocenters. The number of para-hydroxylation sites is 2. The van der Waals surface area contributed by atoms with E-state index in [2.05, 4.69) is 10.1 Å². The Hall–Kier alpha value is -3.10. The fourth-order valence-electron chi connectivity index (χ4n) is 3.30. The molecule has 1 aliphatic heterocycles. The number of rotatable bonds is 5. The van der Waals surface area contributed by atoms with Gasteiger partial charge in [-0.1, -0.05) is 24.3 Å². The van der Waals surface area contributed by atoms with Crippen molar-refractivity contribution in [3.05, 3.63) is 54.1 Å². The molecule has 0 aromatic heterocycles. The van der Waals surface area contributed by atoms with Crippen LogP contribution in [0, 0.1) is 17.2 Å². The highest BCUT2D eigenvalue weighted by molar-refractivity contribution is 7.89. The van der Waals surface area contributed by atoms with E-state index in [9.17, 15) is 26.4 Å². The Balaban J connectivity index is 1.67. The molecule has 0 aliphatic carbocycles. The highest BCUT2D eigenvalue weighted by Crippen LogP contribution is 2.31. The van der Waals surface area contributed by atoms with Crippen molar-refractivity contribution in [1.29, 1.82) is 5.26 Å². The van der Waals surface area contributed by atoms with Gasteiger partial charge in [0, 0.05) is 19.0 Å². The number of halogens is 3. The van der Waals surface area contributed by atoms with E-state index in [1.54, 1.807) is 6.07 Å². The number of nitrogens with one attached hydrogen (secondary N) is 1. The third kappa shape index (κ3) is 5.34. The van der Waals surface area contributed by atoms with Crippen molar-refractivity contribution in [1.82, 2.24) is 4.31 Å². The van der Waals surface area contributed by atoms with E-state index < -0.39 is 34.0 Å². The standard InChI is InChI=1S/C20H18F3N3O4S/c21-20(22,23)30-17-7-3-2-6-16(17)25-19(27)14-9-11-26(12-10-14)31(28,29)18-8-4-1-5-15(18)13-24/h1-8,14H,9-12H2,(H,25,27). The van der Waals surface area contributed by atoms with E-state index in [4.69, 9.17) is 5.26 Å². The lowest BCUT2D eigenvalue weighted by Gasteiger charge is -2.30. The van der Waals surface area contributed by atoms with Crippen molar-refractivity contribution in [3.63, 3.8) is 0 Å². The van der Waals surface area contributed by atoms with Crippen LogP contribution in [-0.4, -0.2) is 38.1 Å². The van der Waals surface area contributed by atoms with Crippen LogP contribution in [0.2, 0.25) is 0 Å². The summed E-state index contributed by atoms with van der Waals surface area (Å²) in [6.07, 6.45) is -4.54. The Kier molecular flexibility index (Phi) is 6.52. The summed E-state index contributed by atoms with van der Waals surface area (Å²) in [5.74, 6) is -1.64. The predicted molar refractivity (Wildman–Crippen MR) is 104 cm³/mol. The minimum atomic E-state index is -4.90. The van der Waals surface area contributed by atoms with Crippen LogP contribution in [0.15, 0.2) is 53.4 Å². The van der Waals surface area contributed by atoms with Crippen LogP contribution in [-0.2, 0) is 14.8 Å². The van der Waals surface area contributed by atoms with Gasteiger partial charge in [-0.2, -0.15) is 9.57 Å². The number of amides is 1. The SMILES string of the molecule is N#Cc1ccccc1S(=O)(=O)N1CCC(C(=O)Nc2ccccc2OC(F)(F)F)CC1. The van der Waals surface area contributed by atoms with E-state index in [0.29, 0.717) is 0 Å². The normalized spacial score (nSPS) is 15.8. The molecule has 11 heteroatoms. The molecule has 0 spiro atoms. The summed E-state index contributed by atoms with van der Waals surface area (Å²) in [6.45, 7) is 0.0851. The maximum absolute atomic E-state index is 12.9. The van der Waals surface area contributed by atoms with Crippen molar-refractivity contribution in [2.45, 2.75) is 24.1 Å². The third-order valence-electron chi connectivity index (χ3n) is 4.82. The van der Waals surface area contributed by atoms with Crippen molar-refractivity contribution < 1.29 is 31.1 Å². The largest absolute Gasteiger partial charge is 0.573 e. The zero-order valence-electron chi connectivity index (χ0n) is 16.1. The van der Waals surface area contributed by atoms with Gasteiger partial charge in [0.05, 0.1) is 16.1 Å². The lowest BCUT2D eigenvalue weighted by atomic mass is 9.97. The Morgan fingerprint density at radius 2 is 1.71 bits per heavy atom. The monoisotopic (exact) mass is 453 g/mol. The van der Waals surface area contributed by atoms with Gasteiger partial charge in [-0.3, -0.25) is 4.79 Å². The van der Waals surface area contributed by atoms with E-state index in [-0.39, 0.29) is 42.1 Å². The summed E-state index contributed by atoms with van der Waals surface area (Å²) in [4.78, 5) is 12.5. The fourth-order valence-corrected chi connectivity index (χ4v) is 4.91. The molecule has 0 unspecified atom stereocenters. The van der Waals surface area contributed by atoms with Crippen LogP contribution in [0.4, 0.5) is 18.9 Å². The molecule has 0 bridgehead atoms. The molecule has 0 saturated carbocycles. The quantitative estimate of drug-likeness (QED) is 0.747. The predicted octanol–water partition coefficient (Wildman–Crippen LogP) is 3.50. The fraction of sp³-hybridized carbons (Fsp3) is 0.300. The van der Waals surface area contributed by atoms with Crippen LogP contribution in [0.5, 0.6) is 5.75 Å². The summed E-state index contributed by atoms with van der Waals surface area (Å²) in [5.41, 5.74) is -0.0912. The lowest BCUT2D eigenvalue weighted by Crippen LogP contribution is -2.41. The van der Waals surface area contributed by atoms with Crippen molar-refractivity contribution in [3.8, 4) is 11.8 Å². The Morgan fingerprint density at radius 1 is 1.10 bits per heavy atom. The molecule has 2 aromatic carbocycles. The average Bonchev–Trinajstić information content (AvgIpc) is 2.74. The first-order valence-corrected chi connectivity index (χ1v) is 10.7. The molecule has 31 heavy (non-hydrogen) atoms. The molecule has 2 aromatic rings. The molecule has 1 heterocycles. The first-order valence-electron chi connectivity index (χ1n) is 9.27. The number of nitrogens with zero attached hydrogens (tertiary/aromatic N) is 2. The van der Waals surface area contributed by atoms with Gasteiger partial charge in [-0.25, -0.2) is 8.42 Å². The highest BCUT2D eigenvalue weighted by atomic mass is 32.2. The minimum absolute atomic E-state index is 0.0311. The number of sulfonamides is 1. The molecule has 1 fully saturated rings. The Labute approximate surface area is 177 Å². The number of ether oxygens (including phenoxy) is 1. The molecule has 7 nitrogen and oxygen atoms in total. The number of anilines is 1. The second-order valence-electron chi connectivity index (χ2n) is 6.82. The maximum atomic E-state index is 12.9. The Bertz CT molecular complexity index is 1110. The summed E-state index contributed by atoms with van der Waals surface area (Å²) in [7, 11) is -3.91. The van der Waals surface area contributed by atoms with E-state index in [1.807, 2.05) is 6.07 Å². The number of hydrogen-bond donors (Lipinski definition) is 1. The van der Waals surface area contributed by atoms with Crippen molar-refractivity contribution in [2.24, 2.45) is 5.92 Å². The topological polar surface area (TPSA) is 99.5 Å². The van der Waals surface area contributed by atoms with E-state index in [0.717, 1.165) is 6.07 Å². The van der Waals surface area contributed by atoms with Gasteiger partial charge in [0.15, 0.2) is 5.75 Å². The van der Waals surface area contributed by atoms with Crippen LogP contribution >= 0.6 is 0 Å². The molecular weight excluding hydrogens is 435 g/mol. The maximum Gasteiger partial charge on any atom is 0.573 e. The second-order valence-corrected chi connectivity index (χ2v) is 8.73. The number of nitriles is 1. The van der Waals surface area contributed by atoms with E-state index >= 15 is 0 Å². The summed E-state index contributed by atoms with van der Waals surface area (Å²) in [6, 6.07) is 12.9. The van der Waals surface area contributed by atoms with Gasteiger partial charge in [-0.15, -0.1) is 13.2 Å². The zero-order valence-corrected chi connectivity index (χ0v) is 16.9. The van der Waals surface area contributed by atoms with Gasteiger partial charge in [0.2, 0.25) is 15.9 Å². The van der Waals surface area contributed by atoms with Crippen molar-refractivity contribution >= 4 is 21.6 Å². The molecule has 0 radical (unpaired) electrons. The van der Waals surface area contributed by atoms with Gasteiger partial charge >= 0.3 is 6.36 Å². The zero-order chi connectivity index (χ0) is 22.6. The number of hydrogen-bond acceptors (Lipinski definition) is 5. The summed E-state index contributed by atoms with van der Waals surface area (Å²) >= 11 is 0. The van der Waals surface area contributed by atoms with Gasteiger partial charge < -0.3 is 10.1 Å². The number of carbonyl (C=O) groups excluding carboxylic acids is 1. The number of piperidine rings is 1. The van der Waals surface area contributed by atoms with Crippen LogP contribution < -0.4 is 10.1 Å². The summed E-state index contributed by atoms with van der Waals surface area (Å²) in [5, 5.41) is 11.6. The number of alkyl halides is 3.